The number of carbonyl (C=O) groups is 3. The second kappa shape index (κ2) is 11.5. The van der Waals surface area contributed by atoms with Crippen LogP contribution in [0.1, 0.15) is 23.1 Å². The van der Waals surface area contributed by atoms with Crippen LogP contribution in [0.4, 0.5) is 26.3 Å². The van der Waals surface area contributed by atoms with Gasteiger partial charge in [0.2, 0.25) is 0 Å². The van der Waals surface area contributed by atoms with Gasteiger partial charge in [0.05, 0.1) is 0 Å². The minimum atomic E-state index is -5.86. The van der Waals surface area contributed by atoms with Gasteiger partial charge in [0.1, 0.15) is 0 Å². The molecule has 0 aliphatic carbocycles. The van der Waals surface area contributed by atoms with Crippen molar-refractivity contribution in [3.05, 3.63) is 77.4 Å². The van der Waals surface area contributed by atoms with Crippen LogP contribution in [0.25, 0.3) is 0 Å². The minimum absolute atomic E-state index is 0.00669. The number of halogens is 6. The molecule has 0 bridgehead atoms. The zero-order chi connectivity index (χ0) is 28.3. The molecule has 13 heteroatoms. The third-order valence-corrected chi connectivity index (χ3v) is 7.08. The summed E-state index contributed by atoms with van der Waals surface area (Å²) >= 11 is 0.613. The van der Waals surface area contributed by atoms with Crippen LogP contribution in [0.2, 0.25) is 0 Å². The van der Waals surface area contributed by atoms with Crippen molar-refractivity contribution in [2.75, 3.05) is 13.6 Å². The first-order chi connectivity index (χ1) is 17.7. The quantitative estimate of drug-likeness (QED) is 0.291. The number of nitrogens with zero attached hydrogens (tertiary/aromatic N) is 2. The van der Waals surface area contributed by atoms with E-state index in [0.717, 1.165) is 34.1 Å². The summed E-state index contributed by atoms with van der Waals surface area (Å²) in [7, 11) is 1.31. The Bertz CT molecular complexity index is 1200. The molecule has 204 valence electrons. The van der Waals surface area contributed by atoms with Gasteiger partial charge < -0.3 is 0 Å². The van der Waals surface area contributed by atoms with E-state index in [4.69, 9.17) is 4.74 Å². The summed E-state index contributed by atoms with van der Waals surface area (Å²) in [5.74, 6) is -1.73. The van der Waals surface area contributed by atoms with Gasteiger partial charge in [-0.25, -0.2) is 0 Å². The van der Waals surface area contributed by atoms with E-state index in [1.165, 1.54) is 37.4 Å². The summed E-state index contributed by atoms with van der Waals surface area (Å²) in [5, 5.41) is 0. The van der Waals surface area contributed by atoms with E-state index in [1.54, 1.807) is 6.07 Å². The molecule has 38 heavy (non-hydrogen) atoms. The van der Waals surface area contributed by atoms with Crippen LogP contribution >= 0.6 is 0 Å². The van der Waals surface area contributed by atoms with Crippen LogP contribution in [-0.4, -0.2) is 53.5 Å². The van der Waals surface area contributed by atoms with Crippen LogP contribution in [0.15, 0.2) is 60.7 Å². The zero-order valence-electron chi connectivity index (χ0n) is 19.8. The molecule has 2 aromatic rings. The molecule has 3 rings (SSSR count). The van der Waals surface area contributed by atoms with Gasteiger partial charge in [-0.2, -0.15) is 0 Å². The van der Waals surface area contributed by atoms with Crippen LogP contribution in [-0.2, 0) is 37.9 Å². The molecule has 0 radical (unpaired) electrons. The number of imide groups is 1. The third kappa shape index (κ3) is 6.26. The van der Waals surface area contributed by atoms with Crippen LogP contribution in [0.5, 0.6) is 0 Å². The van der Waals surface area contributed by atoms with Gasteiger partial charge in [-0.15, -0.1) is 0 Å². The number of amides is 3. The van der Waals surface area contributed by atoms with Gasteiger partial charge in [-0.1, -0.05) is 0 Å². The fourth-order valence-electron chi connectivity index (χ4n) is 3.83. The Labute approximate surface area is 229 Å². The van der Waals surface area contributed by atoms with E-state index in [9.17, 15) is 40.7 Å². The molecule has 0 unspecified atom stereocenters. The normalized spacial score (nSPS) is 14.4. The van der Waals surface area contributed by atoms with E-state index in [2.05, 4.69) is 0 Å². The van der Waals surface area contributed by atoms with E-state index in [1.807, 2.05) is 0 Å². The summed E-state index contributed by atoms with van der Waals surface area (Å²) in [6, 6.07) is 10.4. The van der Waals surface area contributed by atoms with Crippen LogP contribution in [0.3, 0.4) is 0 Å². The molecule has 0 saturated carbocycles. The Balaban J connectivity index is 1.88. The van der Waals surface area contributed by atoms with Gasteiger partial charge in [0.25, 0.3) is 0 Å². The Hall–Kier alpha value is -2.79. The van der Waals surface area contributed by atoms with Gasteiger partial charge in [-0.3, -0.25) is 0 Å². The van der Waals surface area contributed by atoms with Gasteiger partial charge in [0, 0.05) is 0 Å². The molecule has 1 heterocycles. The maximum absolute atomic E-state index is 14.3. The van der Waals surface area contributed by atoms with Crippen LogP contribution in [0, 0.1) is 24.7 Å². The molecule has 0 aromatic heterocycles. The Morgan fingerprint density at radius 3 is 2.05 bits per heavy atom. The van der Waals surface area contributed by atoms with Crippen molar-refractivity contribution in [3.63, 3.8) is 0 Å². The predicted octanol–water partition coefficient (Wildman–Crippen LogP) is 3.67. The monoisotopic (exact) mass is 738 g/mol. The first-order valence-corrected chi connectivity index (χ1v) is 12.5. The summed E-state index contributed by atoms with van der Waals surface area (Å²) in [6.45, 7) is -1.48. The van der Waals surface area contributed by atoms with Crippen molar-refractivity contribution in [3.8, 4) is 0 Å². The standard InChI is InChI=1S/C25H21AtF6N2O4/c1-33(20(35)11-12-34-21(36)9-10-22(34)37)14-17-7-8-19(26)18(13-17)23(24(27,28)29,25(30,31)32)38-15-16-5-3-2-4-6-16/h2-10,13H,11-12,14-15H2,1H3/i26+1. The number of carbonyl (C=O) groups excluding carboxylic acids is 3. The topological polar surface area (TPSA) is 66.9 Å². The second-order valence-corrected chi connectivity index (χ2v) is 10.0. The van der Waals surface area contributed by atoms with E-state index in [-0.39, 0.29) is 33.9 Å². The van der Waals surface area contributed by atoms with Crippen LogP contribution < -0.4 is 3.27 Å². The molecular formula is C25H21AtF6N2O4. The molecule has 0 fully saturated rings. The molecule has 2 aromatic carbocycles. The van der Waals surface area contributed by atoms with E-state index in [0.29, 0.717) is 24.7 Å². The molecule has 1 aliphatic heterocycles. The molecule has 0 spiro atoms. The Kier molecular flexibility index (Phi) is 9.03. The number of benzene rings is 2. The van der Waals surface area contributed by atoms with Crippen molar-refractivity contribution in [2.24, 2.45) is 0 Å². The van der Waals surface area contributed by atoms with E-state index < -0.39 is 47.8 Å². The number of ether oxygens (including phenoxy) is 1. The molecule has 6 nitrogen and oxygen atoms in total. The van der Waals surface area contributed by atoms with Gasteiger partial charge in [-0.05, 0) is 0 Å². The number of hydrogen-bond donors (Lipinski definition) is 0. The first-order valence-electron chi connectivity index (χ1n) is 11.0. The SMILES string of the molecule is CN(Cc1ccc([211At])c(C(OCc2ccccc2)(C(F)(F)F)C(F)(F)F)c1)C(=O)CCN1C(=O)C=CC1=O. The predicted molar refractivity (Wildman–Crippen MR) is 118 cm³/mol. The molecule has 0 saturated heterocycles. The average molecular weight is 738 g/mol. The summed E-state index contributed by atoms with van der Waals surface area (Å²) in [6.07, 6.45) is -9.88. The molecule has 1 aliphatic rings. The Morgan fingerprint density at radius 2 is 1.50 bits per heavy atom. The molecule has 3 amide bonds. The van der Waals surface area contributed by atoms with Crippen molar-refractivity contribution in [1.29, 1.82) is 0 Å². The van der Waals surface area contributed by atoms with Crippen molar-refractivity contribution < 1.29 is 70.2 Å². The summed E-state index contributed by atoms with van der Waals surface area (Å²) in [4.78, 5) is 37.7. The fourth-order valence-corrected chi connectivity index (χ4v) is 4.80. The number of rotatable bonds is 9. The average Bonchev–Trinajstić information content (AvgIpc) is 3.15. The summed E-state index contributed by atoms with van der Waals surface area (Å²) < 4.78 is 90.3. The number of alkyl halides is 6. The zero-order valence-corrected chi connectivity index (χ0v) is 22.7. The fraction of sp³-hybridized carbons (Fsp3) is 0.320. The van der Waals surface area contributed by atoms with E-state index >= 15 is 0 Å². The molecule has 0 N–H and O–H groups in total. The Morgan fingerprint density at radius 1 is 0.921 bits per heavy atom. The van der Waals surface area contributed by atoms with Crippen molar-refractivity contribution >= 4 is 21.0 Å². The number of hydrogen-bond acceptors (Lipinski definition) is 4. The molecular weight excluding hydrogens is 717 g/mol. The second-order valence-electron chi connectivity index (χ2n) is 8.43. The molecule has 0 atom stereocenters. The van der Waals surface area contributed by atoms with Crippen molar-refractivity contribution in [1.82, 2.24) is 9.80 Å². The third-order valence-electron chi connectivity index (χ3n) is 5.80. The summed E-state index contributed by atoms with van der Waals surface area (Å²) in [5.41, 5.74) is -5.59. The van der Waals surface area contributed by atoms with Gasteiger partial charge in [0.15, 0.2) is 0 Å². The maximum atomic E-state index is 14.3. The van der Waals surface area contributed by atoms with Crippen molar-refractivity contribution in [2.45, 2.75) is 37.5 Å². The first kappa shape index (κ1) is 29.8. The van der Waals surface area contributed by atoms with Gasteiger partial charge >= 0.3 is 229 Å².